The lowest BCUT2D eigenvalue weighted by molar-refractivity contribution is 0.126. The number of halogens is 1. The Balaban J connectivity index is 1.87. The van der Waals surface area contributed by atoms with Crippen LogP contribution in [0.5, 0.6) is 5.75 Å². The summed E-state index contributed by atoms with van der Waals surface area (Å²) in [7, 11) is 0. The molecule has 0 bridgehead atoms. The van der Waals surface area contributed by atoms with Crippen molar-refractivity contribution in [2.24, 2.45) is 11.8 Å². The van der Waals surface area contributed by atoms with E-state index in [9.17, 15) is 5.11 Å². The smallest absolute Gasteiger partial charge is 0.120 e. The van der Waals surface area contributed by atoms with Crippen LogP contribution < -0.4 is 4.74 Å². The van der Waals surface area contributed by atoms with Gasteiger partial charge in [-0.05, 0) is 42.0 Å². The van der Waals surface area contributed by atoms with Gasteiger partial charge >= 0.3 is 0 Å². The van der Waals surface area contributed by atoms with Crippen LogP contribution in [-0.2, 0) is 0 Å². The highest BCUT2D eigenvalue weighted by molar-refractivity contribution is 9.10. The van der Waals surface area contributed by atoms with Crippen LogP contribution in [0.4, 0.5) is 0 Å². The second-order valence-electron chi connectivity index (χ2n) is 4.33. The topological polar surface area (TPSA) is 29.5 Å². The molecule has 2 nitrogen and oxygen atoms in total. The molecule has 4 heteroatoms. The molecule has 2 rings (SSSR count). The average Bonchev–Trinajstić information content (AvgIpc) is 2.84. The van der Waals surface area contributed by atoms with E-state index in [2.05, 4.69) is 15.9 Å². The summed E-state index contributed by atoms with van der Waals surface area (Å²) in [5.41, 5.74) is 0. The Morgan fingerprint density at radius 1 is 1.53 bits per heavy atom. The summed E-state index contributed by atoms with van der Waals surface area (Å²) in [6.45, 7) is 0.831. The zero-order valence-electron chi connectivity index (χ0n) is 9.64. The van der Waals surface area contributed by atoms with Crippen molar-refractivity contribution in [2.75, 3.05) is 24.7 Å². The lowest BCUT2D eigenvalue weighted by Gasteiger charge is -2.20. The SMILES string of the molecule is OCC(COc1cccc(Br)c1)C1CCSC1. The molecule has 94 valence electrons. The van der Waals surface area contributed by atoms with Gasteiger partial charge in [0.25, 0.3) is 0 Å². The third kappa shape index (κ3) is 3.90. The average molecular weight is 317 g/mol. The molecule has 1 aromatic carbocycles. The lowest BCUT2D eigenvalue weighted by atomic mass is 9.93. The molecule has 0 spiro atoms. The van der Waals surface area contributed by atoms with Gasteiger partial charge in [0, 0.05) is 17.0 Å². The summed E-state index contributed by atoms with van der Waals surface area (Å²) in [5.74, 6) is 4.12. The summed E-state index contributed by atoms with van der Waals surface area (Å²) in [6, 6.07) is 7.84. The highest BCUT2D eigenvalue weighted by Gasteiger charge is 2.25. The molecule has 17 heavy (non-hydrogen) atoms. The van der Waals surface area contributed by atoms with Crippen molar-refractivity contribution in [3.63, 3.8) is 0 Å². The highest BCUT2D eigenvalue weighted by Crippen LogP contribution is 2.30. The van der Waals surface area contributed by atoms with E-state index in [0.717, 1.165) is 16.0 Å². The second kappa shape index (κ2) is 6.66. The van der Waals surface area contributed by atoms with Crippen molar-refractivity contribution in [3.05, 3.63) is 28.7 Å². The van der Waals surface area contributed by atoms with Crippen LogP contribution in [-0.4, -0.2) is 29.8 Å². The van der Waals surface area contributed by atoms with E-state index < -0.39 is 0 Å². The third-order valence-corrected chi connectivity index (χ3v) is 4.81. The van der Waals surface area contributed by atoms with E-state index >= 15 is 0 Å². The second-order valence-corrected chi connectivity index (χ2v) is 6.40. The fourth-order valence-electron chi connectivity index (χ4n) is 2.02. The van der Waals surface area contributed by atoms with Gasteiger partial charge in [-0.15, -0.1) is 0 Å². The van der Waals surface area contributed by atoms with E-state index in [1.54, 1.807) is 0 Å². The van der Waals surface area contributed by atoms with Crippen LogP contribution in [0.1, 0.15) is 6.42 Å². The Kier molecular flexibility index (Phi) is 5.19. The fraction of sp³-hybridized carbons (Fsp3) is 0.538. The first-order valence-electron chi connectivity index (χ1n) is 5.86. The van der Waals surface area contributed by atoms with Crippen molar-refractivity contribution in [2.45, 2.75) is 6.42 Å². The monoisotopic (exact) mass is 316 g/mol. The minimum atomic E-state index is 0.221. The van der Waals surface area contributed by atoms with Gasteiger partial charge in [-0.2, -0.15) is 11.8 Å². The molecule has 0 amide bonds. The van der Waals surface area contributed by atoms with Gasteiger partial charge in [-0.3, -0.25) is 0 Å². The Bertz CT molecular complexity index is 353. The Labute approximate surface area is 115 Å². The van der Waals surface area contributed by atoms with E-state index in [4.69, 9.17) is 4.74 Å². The van der Waals surface area contributed by atoms with E-state index in [1.165, 1.54) is 12.2 Å². The molecule has 0 saturated carbocycles. The molecule has 1 N–H and O–H groups in total. The summed E-state index contributed by atoms with van der Waals surface area (Å²) in [6.07, 6.45) is 1.21. The van der Waals surface area contributed by atoms with E-state index in [0.29, 0.717) is 12.5 Å². The maximum Gasteiger partial charge on any atom is 0.120 e. The van der Waals surface area contributed by atoms with Crippen molar-refractivity contribution >= 4 is 27.7 Å². The number of rotatable bonds is 5. The number of thioether (sulfide) groups is 1. The first kappa shape index (κ1) is 13.2. The maximum absolute atomic E-state index is 9.42. The molecule has 2 atom stereocenters. The third-order valence-electron chi connectivity index (χ3n) is 3.13. The Morgan fingerprint density at radius 3 is 3.06 bits per heavy atom. The van der Waals surface area contributed by atoms with Gasteiger partial charge in [0.15, 0.2) is 0 Å². The predicted octanol–water partition coefficient (Wildman–Crippen LogP) is 3.19. The molecule has 1 aliphatic rings. The van der Waals surface area contributed by atoms with Crippen LogP contribution in [0.2, 0.25) is 0 Å². The predicted molar refractivity (Wildman–Crippen MR) is 75.6 cm³/mol. The minimum Gasteiger partial charge on any atom is -0.493 e. The molecule has 0 aromatic heterocycles. The van der Waals surface area contributed by atoms with Crippen molar-refractivity contribution < 1.29 is 9.84 Å². The number of hydrogen-bond acceptors (Lipinski definition) is 3. The number of ether oxygens (including phenoxy) is 1. The molecule has 0 aliphatic carbocycles. The zero-order chi connectivity index (χ0) is 12.1. The first-order chi connectivity index (χ1) is 8.29. The number of aliphatic hydroxyl groups excluding tert-OH is 1. The van der Waals surface area contributed by atoms with Crippen LogP contribution in [0.15, 0.2) is 28.7 Å². The summed E-state index contributed by atoms with van der Waals surface area (Å²) >= 11 is 5.40. The first-order valence-corrected chi connectivity index (χ1v) is 7.81. The van der Waals surface area contributed by atoms with Crippen LogP contribution >= 0.6 is 27.7 Å². The van der Waals surface area contributed by atoms with Crippen molar-refractivity contribution in [3.8, 4) is 5.75 Å². The van der Waals surface area contributed by atoms with Crippen molar-refractivity contribution in [1.82, 2.24) is 0 Å². The lowest BCUT2D eigenvalue weighted by Crippen LogP contribution is -2.25. The molecule has 1 saturated heterocycles. The van der Waals surface area contributed by atoms with Gasteiger partial charge < -0.3 is 9.84 Å². The quantitative estimate of drug-likeness (QED) is 0.904. The number of benzene rings is 1. The van der Waals surface area contributed by atoms with Gasteiger partial charge in [-0.1, -0.05) is 22.0 Å². The molecule has 0 radical (unpaired) electrons. The minimum absolute atomic E-state index is 0.221. The number of aliphatic hydroxyl groups is 1. The Hall–Kier alpha value is -0.190. The van der Waals surface area contributed by atoms with Gasteiger partial charge in [0.2, 0.25) is 0 Å². The van der Waals surface area contributed by atoms with Crippen LogP contribution in [0.25, 0.3) is 0 Å². The van der Waals surface area contributed by atoms with E-state index in [1.807, 2.05) is 36.0 Å². The number of hydrogen-bond donors (Lipinski definition) is 1. The van der Waals surface area contributed by atoms with Gasteiger partial charge in [-0.25, -0.2) is 0 Å². The highest BCUT2D eigenvalue weighted by atomic mass is 79.9. The molecule has 1 aliphatic heterocycles. The zero-order valence-corrected chi connectivity index (χ0v) is 12.0. The maximum atomic E-state index is 9.42. The largest absolute Gasteiger partial charge is 0.493 e. The normalized spacial score (nSPS) is 21.4. The molecule has 1 fully saturated rings. The molecule has 2 unspecified atom stereocenters. The summed E-state index contributed by atoms with van der Waals surface area (Å²) < 4.78 is 6.77. The fourth-order valence-corrected chi connectivity index (χ4v) is 3.78. The molecular formula is C13H17BrO2S. The summed E-state index contributed by atoms with van der Waals surface area (Å²) in [5, 5.41) is 9.42. The summed E-state index contributed by atoms with van der Waals surface area (Å²) in [4.78, 5) is 0. The molecule has 1 heterocycles. The molecular weight excluding hydrogens is 300 g/mol. The van der Waals surface area contributed by atoms with Crippen LogP contribution in [0, 0.1) is 11.8 Å². The standard InChI is InChI=1S/C13H17BrO2S/c14-12-2-1-3-13(6-12)16-8-11(7-15)10-4-5-17-9-10/h1-3,6,10-11,15H,4-5,7-9H2. The van der Waals surface area contributed by atoms with Gasteiger partial charge in [0.05, 0.1) is 6.61 Å². The van der Waals surface area contributed by atoms with E-state index in [-0.39, 0.29) is 12.5 Å². The van der Waals surface area contributed by atoms with Crippen LogP contribution in [0.3, 0.4) is 0 Å². The van der Waals surface area contributed by atoms with Gasteiger partial charge in [0.1, 0.15) is 5.75 Å². The van der Waals surface area contributed by atoms with Crippen molar-refractivity contribution in [1.29, 1.82) is 0 Å². The molecule has 1 aromatic rings. The Morgan fingerprint density at radius 2 is 2.41 bits per heavy atom.